The monoisotopic (exact) mass is 247 g/mol. The van der Waals surface area contributed by atoms with Crippen LogP contribution in [0.2, 0.25) is 0 Å². The van der Waals surface area contributed by atoms with E-state index in [1.165, 1.54) is 17.9 Å². The molecule has 4 heteroatoms. The van der Waals surface area contributed by atoms with Gasteiger partial charge in [0.25, 0.3) is 0 Å². The number of carbonyl (C=O) groups excluding carboxylic acids is 1. The molecule has 0 aliphatic carbocycles. The number of carbonyl (C=O) groups is 1. The Labute approximate surface area is 110 Å². The van der Waals surface area contributed by atoms with Gasteiger partial charge in [-0.25, -0.2) is 0 Å². The zero-order chi connectivity index (χ0) is 13.6. The molecular weight excluding hydrogens is 225 g/mol. The molecule has 0 aromatic heterocycles. The van der Waals surface area contributed by atoms with Gasteiger partial charge in [0.05, 0.1) is 5.54 Å². The molecule has 0 amide bonds. The van der Waals surface area contributed by atoms with Crippen LogP contribution in [-0.2, 0) is 16.0 Å². The van der Waals surface area contributed by atoms with Crippen LogP contribution >= 0.6 is 0 Å². The van der Waals surface area contributed by atoms with Gasteiger partial charge in [-0.1, -0.05) is 36.7 Å². The Morgan fingerprint density at radius 3 is 2.50 bits per heavy atom. The second-order valence-electron chi connectivity index (χ2n) is 4.98. The maximum absolute atomic E-state index is 10.8. The van der Waals surface area contributed by atoms with Crippen LogP contribution in [0.25, 0.3) is 0 Å². The van der Waals surface area contributed by atoms with E-state index in [2.05, 4.69) is 32.1 Å². The Kier molecular flexibility index (Phi) is 5.41. The summed E-state index contributed by atoms with van der Waals surface area (Å²) in [4.78, 5) is 10.8. The van der Waals surface area contributed by atoms with Gasteiger partial charge >= 0.3 is 5.97 Å². The first kappa shape index (κ1) is 14.8. The summed E-state index contributed by atoms with van der Waals surface area (Å²) in [5, 5.41) is 0. The Bertz CT molecular complexity index is 391. The lowest BCUT2D eigenvalue weighted by atomic mass is 9.89. The summed E-state index contributed by atoms with van der Waals surface area (Å²) in [6, 6.07) is 8.45. The second kappa shape index (κ2) is 6.59. The molecule has 0 heterocycles. The first-order chi connectivity index (χ1) is 8.45. The van der Waals surface area contributed by atoms with E-state index in [-0.39, 0.29) is 5.97 Å². The molecule has 0 radical (unpaired) electrons. The normalized spacial score (nSPS) is 13.9. The van der Waals surface area contributed by atoms with Crippen LogP contribution in [0.4, 0.5) is 0 Å². The summed E-state index contributed by atoms with van der Waals surface area (Å²) < 4.78 is 5.04. The largest absolute Gasteiger partial charge is 0.464 e. The van der Waals surface area contributed by atoms with E-state index in [1.807, 2.05) is 6.92 Å². The third-order valence-corrected chi connectivity index (χ3v) is 3.30. The van der Waals surface area contributed by atoms with E-state index >= 15 is 0 Å². The molecule has 2 N–H and O–H groups in total. The van der Waals surface area contributed by atoms with Crippen LogP contribution < -0.4 is 11.2 Å². The van der Waals surface area contributed by atoms with Gasteiger partial charge in [0.1, 0.15) is 14.5 Å². The third kappa shape index (κ3) is 4.92. The van der Waals surface area contributed by atoms with Crippen molar-refractivity contribution in [2.75, 3.05) is 6.61 Å². The molecule has 18 heavy (non-hydrogen) atoms. The maximum Gasteiger partial charge on any atom is 0.302 e. The number of hydrogen-bond donors (Lipinski definition) is 1. The fraction of sp³-hybridized carbons (Fsp3) is 0.500. The number of aryl methyl sites for hydroxylation is 1. The van der Waals surface area contributed by atoms with Crippen molar-refractivity contribution in [3.05, 3.63) is 29.8 Å². The highest BCUT2D eigenvalue weighted by Gasteiger charge is 2.24. The SMILES string of the molecule is Bc1ccc(CCC(N)(CC)COC(C)=O)cc1. The van der Waals surface area contributed by atoms with Crippen molar-refractivity contribution in [3.63, 3.8) is 0 Å². The van der Waals surface area contributed by atoms with E-state index in [9.17, 15) is 4.79 Å². The standard InChI is InChI=1S/C14H22BNO2/c1-3-14(16,10-18-11(2)17)9-8-12-4-6-13(15)7-5-12/h4-7H,3,8-10,15-16H2,1-2H3. The lowest BCUT2D eigenvalue weighted by Gasteiger charge is -2.27. The van der Waals surface area contributed by atoms with Gasteiger partial charge in [0, 0.05) is 6.92 Å². The van der Waals surface area contributed by atoms with E-state index in [4.69, 9.17) is 10.5 Å². The number of nitrogens with two attached hydrogens (primary N) is 1. The molecule has 0 saturated carbocycles. The van der Waals surface area contributed by atoms with Crippen molar-refractivity contribution < 1.29 is 9.53 Å². The molecule has 0 aliphatic heterocycles. The van der Waals surface area contributed by atoms with Crippen molar-refractivity contribution in [1.29, 1.82) is 0 Å². The Morgan fingerprint density at radius 1 is 1.39 bits per heavy atom. The van der Waals surface area contributed by atoms with E-state index in [1.54, 1.807) is 0 Å². The fourth-order valence-electron chi connectivity index (χ4n) is 1.74. The predicted molar refractivity (Wildman–Crippen MR) is 76.8 cm³/mol. The van der Waals surface area contributed by atoms with Gasteiger partial charge < -0.3 is 10.5 Å². The van der Waals surface area contributed by atoms with Crippen LogP contribution in [0.1, 0.15) is 32.3 Å². The number of benzene rings is 1. The molecule has 98 valence electrons. The molecule has 0 aliphatic rings. The molecule has 1 aromatic carbocycles. The first-order valence-electron chi connectivity index (χ1n) is 6.43. The molecule has 1 unspecified atom stereocenters. The molecular formula is C14H22BNO2. The fourth-order valence-corrected chi connectivity index (χ4v) is 1.74. The minimum absolute atomic E-state index is 0.270. The van der Waals surface area contributed by atoms with Gasteiger partial charge in [0.15, 0.2) is 0 Å². The Hall–Kier alpha value is -1.29. The van der Waals surface area contributed by atoms with Crippen molar-refractivity contribution in [2.24, 2.45) is 5.73 Å². The van der Waals surface area contributed by atoms with Gasteiger partial charge in [-0.3, -0.25) is 4.79 Å². The van der Waals surface area contributed by atoms with Crippen molar-refractivity contribution >= 4 is 19.3 Å². The average molecular weight is 247 g/mol. The molecule has 0 fully saturated rings. The number of rotatable bonds is 6. The molecule has 1 atom stereocenters. The van der Waals surface area contributed by atoms with E-state index in [0.29, 0.717) is 6.61 Å². The van der Waals surface area contributed by atoms with Gasteiger partial charge in [-0.15, -0.1) is 0 Å². The highest BCUT2D eigenvalue weighted by atomic mass is 16.5. The molecule has 0 bridgehead atoms. The Balaban J connectivity index is 2.52. The second-order valence-corrected chi connectivity index (χ2v) is 4.98. The summed E-state index contributed by atoms with van der Waals surface area (Å²) >= 11 is 0. The van der Waals surface area contributed by atoms with E-state index < -0.39 is 5.54 Å². The number of ether oxygens (including phenoxy) is 1. The highest BCUT2D eigenvalue weighted by molar-refractivity contribution is 6.32. The Morgan fingerprint density at radius 2 is 2.00 bits per heavy atom. The van der Waals surface area contributed by atoms with Crippen LogP contribution in [0.5, 0.6) is 0 Å². The number of hydrogen-bond acceptors (Lipinski definition) is 3. The molecule has 1 rings (SSSR count). The van der Waals surface area contributed by atoms with E-state index in [0.717, 1.165) is 19.3 Å². The lowest BCUT2D eigenvalue weighted by Crippen LogP contribution is -2.44. The van der Waals surface area contributed by atoms with Crippen molar-refractivity contribution in [1.82, 2.24) is 0 Å². The lowest BCUT2D eigenvalue weighted by molar-refractivity contribution is -0.142. The molecule has 1 aromatic rings. The quantitative estimate of drug-likeness (QED) is 0.590. The first-order valence-corrected chi connectivity index (χ1v) is 6.43. The smallest absolute Gasteiger partial charge is 0.302 e. The summed E-state index contributed by atoms with van der Waals surface area (Å²) in [5.41, 5.74) is 8.35. The van der Waals surface area contributed by atoms with Gasteiger partial charge in [0.2, 0.25) is 0 Å². The van der Waals surface area contributed by atoms with Crippen LogP contribution in [0.15, 0.2) is 24.3 Å². The van der Waals surface area contributed by atoms with Crippen molar-refractivity contribution in [3.8, 4) is 0 Å². The minimum Gasteiger partial charge on any atom is -0.464 e. The average Bonchev–Trinajstić information content (AvgIpc) is 2.36. The molecule has 3 nitrogen and oxygen atoms in total. The number of esters is 1. The summed E-state index contributed by atoms with van der Waals surface area (Å²) in [6.07, 6.45) is 2.53. The minimum atomic E-state index is -0.420. The topological polar surface area (TPSA) is 52.3 Å². The van der Waals surface area contributed by atoms with Crippen LogP contribution in [0, 0.1) is 0 Å². The zero-order valence-electron chi connectivity index (χ0n) is 11.5. The summed E-state index contributed by atoms with van der Waals surface area (Å²) in [6.45, 7) is 3.74. The predicted octanol–water partition coefficient (Wildman–Crippen LogP) is 0.548. The maximum atomic E-state index is 10.8. The summed E-state index contributed by atoms with van der Waals surface area (Å²) in [5.74, 6) is -0.270. The van der Waals surface area contributed by atoms with Crippen LogP contribution in [0.3, 0.4) is 0 Å². The van der Waals surface area contributed by atoms with Gasteiger partial charge in [-0.2, -0.15) is 0 Å². The van der Waals surface area contributed by atoms with Crippen molar-refractivity contribution in [2.45, 2.75) is 38.6 Å². The highest BCUT2D eigenvalue weighted by Crippen LogP contribution is 2.16. The van der Waals surface area contributed by atoms with Gasteiger partial charge in [-0.05, 0) is 24.8 Å². The summed E-state index contributed by atoms with van der Waals surface area (Å²) in [7, 11) is 2.07. The third-order valence-electron chi connectivity index (χ3n) is 3.30. The molecule has 0 spiro atoms. The molecule has 0 saturated heterocycles. The zero-order valence-corrected chi connectivity index (χ0v) is 11.5. The van der Waals surface area contributed by atoms with Crippen LogP contribution in [-0.4, -0.2) is 26.0 Å².